The topological polar surface area (TPSA) is 56.5 Å². The maximum Gasteiger partial charge on any atom is 0.126 e. The van der Waals surface area contributed by atoms with Crippen LogP contribution in [0.5, 0.6) is 5.75 Å². The van der Waals surface area contributed by atoms with E-state index in [1.165, 1.54) is 11.1 Å². The van der Waals surface area contributed by atoms with Gasteiger partial charge in [0.2, 0.25) is 0 Å². The first-order valence-electron chi connectivity index (χ1n) is 6.24. The third kappa shape index (κ3) is 3.45. The molecule has 0 aliphatic heterocycles. The van der Waals surface area contributed by atoms with Gasteiger partial charge in [-0.25, -0.2) is 0 Å². The molecule has 0 heterocycles. The summed E-state index contributed by atoms with van der Waals surface area (Å²) in [5, 5.41) is 0. The zero-order valence-electron chi connectivity index (χ0n) is 11.7. The van der Waals surface area contributed by atoms with Crippen LogP contribution in [0.15, 0.2) is 12.1 Å². The van der Waals surface area contributed by atoms with E-state index in [1.807, 2.05) is 0 Å². The summed E-state index contributed by atoms with van der Waals surface area (Å²) < 4.78 is 10.6. The molecule has 1 unspecified atom stereocenters. The standard InChI is InChI=1S/C14H24N2O2/c1-10-7-8-12(14(18-4)11(10)2)13(16-15)6-5-9-17-3/h7-8,13,16H,5-6,9,15H2,1-4H3. The van der Waals surface area contributed by atoms with Gasteiger partial charge in [0.05, 0.1) is 7.11 Å². The Balaban J connectivity index is 2.94. The molecule has 0 bridgehead atoms. The normalized spacial score (nSPS) is 12.5. The zero-order valence-corrected chi connectivity index (χ0v) is 11.7. The van der Waals surface area contributed by atoms with Crippen LogP contribution in [-0.4, -0.2) is 20.8 Å². The molecule has 0 saturated carbocycles. The van der Waals surface area contributed by atoms with E-state index in [9.17, 15) is 0 Å². The van der Waals surface area contributed by atoms with Crippen LogP contribution < -0.4 is 16.0 Å². The fourth-order valence-corrected chi connectivity index (χ4v) is 2.12. The number of hydrogen-bond acceptors (Lipinski definition) is 4. The number of ether oxygens (including phenoxy) is 2. The second-order valence-electron chi connectivity index (χ2n) is 4.48. The molecule has 0 spiro atoms. The van der Waals surface area contributed by atoms with E-state index < -0.39 is 0 Å². The quantitative estimate of drug-likeness (QED) is 0.444. The minimum atomic E-state index is 0.0920. The SMILES string of the molecule is COCCCC(NN)c1ccc(C)c(C)c1OC. The third-order valence-corrected chi connectivity index (χ3v) is 3.33. The van der Waals surface area contributed by atoms with Crippen molar-refractivity contribution in [2.45, 2.75) is 32.7 Å². The van der Waals surface area contributed by atoms with Gasteiger partial charge in [-0.3, -0.25) is 11.3 Å². The second kappa shape index (κ2) is 7.36. The van der Waals surface area contributed by atoms with E-state index in [0.717, 1.165) is 30.8 Å². The molecule has 1 aromatic rings. The van der Waals surface area contributed by atoms with Gasteiger partial charge in [-0.1, -0.05) is 12.1 Å². The molecule has 0 aliphatic rings. The molecule has 0 radical (unpaired) electrons. The van der Waals surface area contributed by atoms with Gasteiger partial charge >= 0.3 is 0 Å². The van der Waals surface area contributed by atoms with Crippen molar-refractivity contribution < 1.29 is 9.47 Å². The highest BCUT2D eigenvalue weighted by Crippen LogP contribution is 2.32. The number of rotatable bonds is 7. The number of hydrazine groups is 1. The number of benzene rings is 1. The molecular weight excluding hydrogens is 228 g/mol. The Hall–Kier alpha value is -1.10. The van der Waals surface area contributed by atoms with Gasteiger partial charge in [-0.15, -0.1) is 0 Å². The van der Waals surface area contributed by atoms with Crippen molar-refractivity contribution in [2.24, 2.45) is 5.84 Å². The molecule has 0 saturated heterocycles. The molecular formula is C14H24N2O2. The van der Waals surface area contributed by atoms with Crippen LogP contribution in [-0.2, 0) is 4.74 Å². The summed E-state index contributed by atoms with van der Waals surface area (Å²) in [5.41, 5.74) is 6.37. The molecule has 0 fully saturated rings. The van der Waals surface area contributed by atoms with Crippen LogP contribution >= 0.6 is 0 Å². The van der Waals surface area contributed by atoms with Gasteiger partial charge in [0.1, 0.15) is 5.75 Å². The fraction of sp³-hybridized carbons (Fsp3) is 0.571. The maximum atomic E-state index is 5.65. The van der Waals surface area contributed by atoms with E-state index >= 15 is 0 Å². The Kier molecular flexibility index (Phi) is 6.12. The summed E-state index contributed by atoms with van der Waals surface area (Å²) in [6, 6.07) is 4.28. The highest BCUT2D eigenvalue weighted by atomic mass is 16.5. The molecule has 4 heteroatoms. The van der Waals surface area contributed by atoms with Gasteiger partial charge in [0.25, 0.3) is 0 Å². The molecule has 0 amide bonds. The second-order valence-corrected chi connectivity index (χ2v) is 4.48. The van der Waals surface area contributed by atoms with Crippen molar-refractivity contribution in [1.29, 1.82) is 0 Å². The number of hydrogen-bond donors (Lipinski definition) is 2. The molecule has 18 heavy (non-hydrogen) atoms. The molecule has 3 N–H and O–H groups in total. The van der Waals surface area contributed by atoms with Gasteiger partial charge in [-0.05, 0) is 37.8 Å². The summed E-state index contributed by atoms with van der Waals surface area (Å²) in [4.78, 5) is 0. The van der Waals surface area contributed by atoms with E-state index in [1.54, 1.807) is 14.2 Å². The summed E-state index contributed by atoms with van der Waals surface area (Å²) >= 11 is 0. The predicted molar refractivity (Wildman–Crippen MR) is 73.6 cm³/mol. The molecule has 1 atom stereocenters. The van der Waals surface area contributed by atoms with Crippen LogP contribution in [0.2, 0.25) is 0 Å². The Morgan fingerprint density at radius 1 is 1.28 bits per heavy atom. The first-order valence-corrected chi connectivity index (χ1v) is 6.24. The summed E-state index contributed by atoms with van der Waals surface area (Å²) in [7, 11) is 3.41. The molecule has 1 rings (SSSR count). The minimum absolute atomic E-state index is 0.0920. The van der Waals surface area contributed by atoms with Crippen LogP contribution in [0, 0.1) is 13.8 Å². The fourth-order valence-electron chi connectivity index (χ4n) is 2.12. The van der Waals surface area contributed by atoms with E-state index in [2.05, 4.69) is 31.4 Å². The van der Waals surface area contributed by atoms with E-state index in [-0.39, 0.29) is 6.04 Å². The average Bonchev–Trinajstić information content (AvgIpc) is 2.38. The van der Waals surface area contributed by atoms with Gasteiger partial charge in [0.15, 0.2) is 0 Å². The highest BCUT2D eigenvalue weighted by Gasteiger charge is 2.17. The monoisotopic (exact) mass is 252 g/mol. The third-order valence-electron chi connectivity index (χ3n) is 3.33. The van der Waals surface area contributed by atoms with Crippen LogP contribution in [0.1, 0.15) is 35.6 Å². The first kappa shape index (κ1) is 15.0. The minimum Gasteiger partial charge on any atom is -0.496 e. The van der Waals surface area contributed by atoms with Crippen LogP contribution in [0.3, 0.4) is 0 Å². The lowest BCUT2D eigenvalue weighted by molar-refractivity contribution is 0.188. The van der Waals surface area contributed by atoms with Gasteiger partial charge < -0.3 is 9.47 Å². The van der Waals surface area contributed by atoms with Crippen molar-refractivity contribution >= 4 is 0 Å². The van der Waals surface area contributed by atoms with Gasteiger partial charge in [0, 0.05) is 25.3 Å². The molecule has 0 aromatic heterocycles. The number of methoxy groups -OCH3 is 2. The lowest BCUT2D eigenvalue weighted by Crippen LogP contribution is -2.28. The number of nitrogens with two attached hydrogens (primary N) is 1. The van der Waals surface area contributed by atoms with E-state index in [0.29, 0.717) is 0 Å². The summed E-state index contributed by atoms with van der Waals surface area (Å²) in [6.45, 7) is 4.89. The van der Waals surface area contributed by atoms with Crippen molar-refractivity contribution in [1.82, 2.24) is 5.43 Å². The van der Waals surface area contributed by atoms with E-state index in [4.69, 9.17) is 15.3 Å². The Bertz CT molecular complexity index is 380. The lowest BCUT2D eigenvalue weighted by Gasteiger charge is -2.21. The predicted octanol–water partition coefficient (Wildman–Crippen LogP) is 2.24. The van der Waals surface area contributed by atoms with Crippen LogP contribution in [0.4, 0.5) is 0 Å². The lowest BCUT2D eigenvalue weighted by atomic mass is 9.97. The number of aryl methyl sites for hydroxylation is 1. The average molecular weight is 252 g/mol. The largest absolute Gasteiger partial charge is 0.496 e. The summed E-state index contributed by atoms with van der Waals surface area (Å²) in [5.74, 6) is 6.58. The van der Waals surface area contributed by atoms with Crippen molar-refractivity contribution in [3.63, 3.8) is 0 Å². The molecule has 4 nitrogen and oxygen atoms in total. The van der Waals surface area contributed by atoms with Crippen molar-refractivity contribution in [2.75, 3.05) is 20.8 Å². The van der Waals surface area contributed by atoms with Gasteiger partial charge in [-0.2, -0.15) is 0 Å². The summed E-state index contributed by atoms with van der Waals surface area (Å²) in [6.07, 6.45) is 1.88. The molecule has 0 aliphatic carbocycles. The Labute approximate surface area is 109 Å². The zero-order chi connectivity index (χ0) is 13.5. The Morgan fingerprint density at radius 2 is 2.00 bits per heavy atom. The maximum absolute atomic E-state index is 5.65. The first-order chi connectivity index (χ1) is 8.65. The van der Waals surface area contributed by atoms with Crippen molar-refractivity contribution in [3.8, 4) is 5.75 Å². The highest BCUT2D eigenvalue weighted by molar-refractivity contribution is 5.46. The van der Waals surface area contributed by atoms with Crippen molar-refractivity contribution in [3.05, 3.63) is 28.8 Å². The number of nitrogens with one attached hydrogen (secondary N) is 1. The molecule has 1 aromatic carbocycles. The molecule has 102 valence electrons. The smallest absolute Gasteiger partial charge is 0.126 e. The van der Waals surface area contributed by atoms with Crippen LogP contribution in [0.25, 0.3) is 0 Å². The Morgan fingerprint density at radius 3 is 2.56 bits per heavy atom.